The van der Waals surface area contributed by atoms with Gasteiger partial charge < -0.3 is 5.11 Å². The number of aliphatic hydroxyl groups is 1. The van der Waals surface area contributed by atoms with Crippen molar-refractivity contribution in [3.63, 3.8) is 0 Å². The molecule has 2 unspecified atom stereocenters. The van der Waals surface area contributed by atoms with Gasteiger partial charge >= 0.3 is 0 Å². The Balaban J connectivity index is 2.38. The van der Waals surface area contributed by atoms with E-state index in [1.807, 2.05) is 0 Å². The molecular formula is C17H30O. The molecule has 0 bridgehead atoms. The maximum absolute atomic E-state index is 8.84. The fraction of sp³-hybridized carbons (Fsp3) is 0.765. The van der Waals surface area contributed by atoms with E-state index in [4.69, 9.17) is 5.11 Å². The summed E-state index contributed by atoms with van der Waals surface area (Å²) in [6.07, 6.45) is 13.1. The number of aliphatic hydroxyl groups excluding tert-OH is 1. The first-order valence-corrected chi connectivity index (χ1v) is 7.66. The molecule has 1 aliphatic rings. The van der Waals surface area contributed by atoms with Gasteiger partial charge in [0, 0.05) is 6.61 Å². The van der Waals surface area contributed by atoms with Crippen LogP contribution in [-0.4, -0.2) is 11.7 Å². The smallest absolute Gasteiger partial charge is 0.0434 e. The van der Waals surface area contributed by atoms with E-state index in [0.29, 0.717) is 6.61 Å². The molecule has 18 heavy (non-hydrogen) atoms. The van der Waals surface area contributed by atoms with Crippen LogP contribution in [0.5, 0.6) is 0 Å². The Morgan fingerprint density at radius 1 is 1.17 bits per heavy atom. The van der Waals surface area contributed by atoms with Crippen molar-refractivity contribution >= 4 is 0 Å². The van der Waals surface area contributed by atoms with E-state index in [9.17, 15) is 0 Å². The van der Waals surface area contributed by atoms with Gasteiger partial charge in [0.25, 0.3) is 0 Å². The lowest BCUT2D eigenvalue weighted by Crippen LogP contribution is -2.06. The molecule has 104 valence electrons. The second-order valence-corrected chi connectivity index (χ2v) is 5.89. The first kappa shape index (κ1) is 15.5. The zero-order chi connectivity index (χ0) is 13.4. The Bertz CT molecular complexity index is 288. The first-order valence-electron chi connectivity index (χ1n) is 7.66. The molecule has 2 atom stereocenters. The van der Waals surface area contributed by atoms with Crippen molar-refractivity contribution in [1.29, 1.82) is 0 Å². The van der Waals surface area contributed by atoms with E-state index in [-0.39, 0.29) is 0 Å². The molecule has 0 saturated heterocycles. The lowest BCUT2D eigenvalue weighted by atomic mass is 9.85. The lowest BCUT2D eigenvalue weighted by molar-refractivity contribution is 0.288. The predicted molar refractivity (Wildman–Crippen MR) is 79.6 cm³/mol. The zero-order valence-electron chi connectivity index (χ0n) is 12.4. The molecule has 0 spiro atoms. The van der Waals surface area contributed by atoms with Gasteiger partial charge in [-0.2, -0.15) is 0 Å². The Labute approximate surface area is 113 Å². The summed E-state index contributed by atoms with van der Waals surface area (Å²) < 4.78 is 0. The molecule has 1 aliphatic carbocycles. The lowest BCUT2D eigenvalue weighted by Gasteiger charge is -2.21. The van der Waals surface area contributed by atoms with Crippen molar-refractivity contribution in [3.05, 3.63) is 23.3 Å². The van der Waals surface area contributed by atoms with Crippen LogP contribution in [0.4, 0.5) is 0 Å². The molecule has 0 radical (unpaired) electrons. The van der Waals surface area contributed by atoms with Crippen LogP contribution in [-0.2, 0) is 0 Å². The molecule has 0 saturated carbocycles. The van der Waals surface area contributed by atoms with Crippen LogP contribution in [0.25, 0.3) is 0 Å². The highest BCUT2D eigenvalue weighted by molar-refractivity contribution is 5.25. The minimum absolute atomic E-state index is 0.319. The maximum Gasteiger partial charge on any atom is 0.0434 e. The van der Waals surface area contributed by atoms with Crippen LogP contribution >= 0.6 is 0 Å². The number of hydrogen-bond acceptors (Lipinski definition) is 1. The Hall–Kier alpha value is -0.560. The van der Waals surface area contributed by atoms with Crippen molar-refractivity contribution in [1.82, 2.24) is 0 Å². The van der Waals surface area contributed by atoms with Gasteiger partial charge in [0.05, 0.1) is 0 Å². The molecule has 0 aromatic heterocycles. The third-order valence-electron chi connectivity index (χ3n) is 4.35. The second kappa shape index (κ2) is 8.53. The van der Waals surface area contributed by atoms with Crippen LogP contribution in [0.1, 0.15) is 65.7 Å². The average molecular weight is 250 g/mol. The van der Waals surface area contributed by atoms with Gasteiger partial charge in [-0.1, -0.05) is 56.9 Å². The summed E-state index contributed by atoms with van der Waals surface area (Å²) in [5.74, 6) is 1.61. The minimum atomic E-state index is 0.319. The molecule has 0 fully saturated rings. The molecule has 0 aliphatic heterocycles. The highest BCUT2D eigenvalue weighted by Crippen LogP contribution is 2.29. The molecule has 1 heteroatoms. The van der Waals surface area contributed by atoms with E-state index < -0.39 is 0 Å². The SMILES string of the molecule is CCC(C)CCC(C)C1=CC=C(CCCO)CC1. The van der Waals surface area contributed by atoms with Crippen LogP contribution in [0.15, 0.2) is 23.3 Å². The summed E-state index contributed by atoms with van der Waals surface area (Å²) in [6, 6.07) is 0. The Morgan fingerprint density at radius 3 is 2.50 bits per heavy atom. The first-order chi connectivity index (χ1) is 8.67. The fourth-order valence-electron chi connectivity index (χ4n) is 2.55. The largest absolute Gasteiger partial charge is 0.396 e. The van der Waals surface area contributed by atoms with Crippen molar-refractivity contribution in [2.45, 2.75) is 65.7 Å². The molecule has 0 heterocycles. The monoisotopic (exact) mass is 250 g/mol. The van der Waals surface area contributed by atoms with Gasteiger partial charge in [-0.05, 0) is 43.9 Å². The summed E-state index contributed by atoms with van der Waals surface area (Å²) >= 11 is 0. The van der Waals surface area contributed by atoms with Crippen LogP contribution in [0.2, 0.25) is 0 Å². The standard InChI is InChI=1S/C17H30O/c1-4-14(2)7-8-15(3)17-11-9-16(10-12-17)6-5-13-18/h9,11,14-15,18H,4-8,10,12-13H2,1-3H3. The molecular weight excluding hydrogens is 220 g/mol. The van der Waals surface area contributed by atoms with E-state index in [0.717, 1.165) is 24.7 Å². The van der Waals surface area contributed by atoms with Gasteiger partial charge in [0.1, 0.15) is 0 Å². The van der Waals surface area contributed by atoms with Crippen LogP contribution < -0.4 is 0 Å². The molecule has 1 N–H and O–H groups in total. The van der Waals surface area contributed by atoms with Gasteiger partial charge in [-0.3, -0.25) is 0 Å². The van der Waals surface area contributed by atoms with Gasteiger partial charge in [0.15, 0.2) is 0 Å². The third kappa shape index (κ3) is 5.39. The highest BCUT2D eigenvalue weighted by Gasteiger charge is 2.13. The highest BCUT2D eigenvalue weighted by atomic mass is 16.2. The number of hydrogen-bond donors (Lipinski definition) is 1. The minimum Gasteiger partial charge on any atom is -0.396 e. The quantitative estimate of drug-likeness (QED) is 0.651. The number of allylic oxidation sites excluding steroid dienone is 4. The van der Waals surface area contributed by atoms with E-state index in [1.165, 1.54) is 37.7 Å². The van der Waals surface area contributed by atoms with Crippen molar-refractivity contribution in [2.24, 2.45) is 11.8 Å². The van der Waals surface area contributed by atoms with E-state index in [2.05, 4.69) is 32.9 Å². The summed E-state index contributed by atoms with van der Waals surface area (Å²) in [5, 5.41) is 8.84. The Kier molecular flexibility index (Phi) is 7.34. The van der Waals surface area contributed by atoms with Crippen molar-refractivity contribution in [2.75, 3.05) is 6.61 Å². The molecule has 1 rings (SSSR count). The summed E-state index contributed by atoms with van der Waals surface area (Å²) in [6.45, 7) is 7.33. The van der Waals surface area contributed by atoms with E-state index >= 15 is 0 Å². The van der Waals surface area contributed by atoms with Gasteiger partial charge in [-0.15, -0.1) is 0 Å². The van der Waals surface area contributed by atoms with Crippen molar-refractivity contribution < 1.29 is 5.11 Å². The average Bonchev–Trinajstić information content (AvgIpc) is 2.42. The van der Waals surface area contributed by atoms with Gasteiger partial charge in [0.2, 0.25) is 0 Å². The zero-order valence-corrected chi connectivity index (χ0v) is 12.4. The molecule has 0 aromatic rings. The van der Waals surface area contributed by atoms with Gasteiger partial charge in [-0.25, -0.2) is 0 Å². The Morgan fingerprint density at radius 2 is 1.94 bits per heavy atom. The van der Waals surface area contributed by atoms with Crippen LogP contribution in [0, 0.1) is 11.8 Å². The summed E-state index contributed by atoms with van der Waals surface area (Å²) in [4.78, 5) is 0. The predicted octanol–water partition coefficient (Wildman–Crippen LogP) is 4.87. The topological polar surface area (TPSA) is 20.2 Å². The number of rotatable bonds is 8. The third-order valence-corrected chi connectivity index (χ3v) is 4.35. The second-order valence-electron chi connectivity index (χ2n) is 5.89. The van der Waals surface area contributed by atoms with E-state index in [1.54, 1.807) is 5.57 Å². The normalized spacial score (nSPS) is 19.1. The fourth-order valence-corrected chi connectivity index (χ4v) is 2.55. The summed E-state index contributed by atoms with van der Waals surface area (Å²) in [7, 11) is 0. The molecule has 0 amide bonds. The van der Waals surface area contributed by atoms with Crippen molar-refractivity contribution in [3.8, 4) is 0 Å². The molecule has 0 aromatic carbocycles. The molecule has 1 nitrogen and oxygen atoms in total. The maximum atomic E-state index is 8.84. The summed E-state index contributed by atoms with van der Waals surface area (Å²) in [5.41, 5.74) is 3.15. The van der Waals surface area contributed by atoms with Crippen LogP contribution in [0.3, 0.4) is 0 Å².